The van der Waals surface area contributed by atoms with Crippen LogP contribution in [0.15, 0.2) is 12.3 Å². The van der Waals surface area contributed by atoms with Crippen molar-refractivity contribution in [3.63, 3.8) is 0 Å². The van der Waals surface area contributed by atoms with Crippen molar-refractivity contribution in [2.45, 2.75) is 19.4 Å². The minimum Gasteiger partial charge on any atom is -0.313 e. The van der Waals surface area contributed by atoms with E-state index in [2.05, 4.69) is 16.6 Å². The molecule has 2 unspecified atom stereocenters. The van der Waals surface area contributed by atoms with E-state index in [-0.39, 0.29) is 11.7 Å². The van der Waals surface area contributed by atoms with Crippen LogP contribution < -0.4 is 5.32 Å². The van der Waals surface area contributed by atoms with E-state index in [1.165, 1.54) is 11.5 Å². The predicted octanol–water partition coefficient (Wildman–Crippen LogP) is 1.32. The van der Waals surface area contributed by atoms with Gasteiger partial charge in [0.05, 0.1) is 4.88 Å². The molecule has 4 heteroatoms. The van der Waals surface area contributed by atoms with Gasteiger partial charge in [-0.15, -0.1) is 0 Å². The monoisotopic (exact) mass is 196 g/mol. The largest absolute Gasteiger partial charge is 0.313 e. The van der Waals surface area contributed by atoms with Gasteiger partial charge in [-0.25, -0.2) is 4.37 Å². The molecule has 1 saturated heterocycles. The number of aromatic nitrogens is 1. The Kier molecular flexibility index (Phi) is 2.42. The smallest absolute Gasteiger partial charge is 0.179 e. The van der Waals surface area contributed by atoms with Crippen LogP contribution in [0.4, 0.5) is 0 Å². The summed E-state index contributed by atoms with van der Waals surface area (Å²) in [5, 5.41) is 3.28. The lowest BCUT2D eigenvalue weighted by Crippen LogP contribution is -2.27. The normalized spacial score (nSPS) is 27.8. The molecule has 13 heavy (non-hydrogen) atoms. The van der Waals surface area contributed by atoms with Gasteiger partial charge < -0.3 is 5.32 Å². The van der Waals surface area contributed by atoms with Crippen LogP contribution >= 0.6 is 11.5 Å². The Morgan fingerprint density at radius 2 is 2.62 bits per heavy atom. The third kappa shape index (κ3) is 1.64. The molecule has 3 nitrogen and oxygen atoms in total. The van der Waals surface area contributed by atoms with Gasteiger partial charge in [0.2, 0.25) is 0 Å². The number of nitrogens with one attached hydrogen (secondary N) is 1. The van der Waals surface area contributed by atoms with Crippen molar-refractivity contribution >= 4 is 17.3 Å². The maximum Gasteiger partial charge on any atom is 0.179 e. The molecule has 2 heterocycles. The molecule has 0 aliphatic carbocycles. The Morgan fingerprint density at radius 1 is 1.77 bits per heavy atom. The average Bonchev–Trinajstić information content (AvgIpc) is 2.72. The third-order valence-electron chi connectivity index (χ3n) is 2.54. The summed E-state index contributed by atoms with van der Waals surface area (Å²) in [5.74, 6) is 0.403. The summed E-state index contributed by atoms with van der Waals surface area (Å²) in [7, 11) is 0. The molecule has 2 atom stereocenters. The van der Waals surface area contributed by atoms with Crippen LogP contribution in [0.3, 0.4) is 0 Å². The molecule has 0 bridgehead atoms. The standard InChI is InChI=1S/C9H12N2OS/c1-6-7(2-4-10-6)9(12)8-3-5-11-13-8/h3,5-7,10H,2,4H2,1H3. The number of Topliss-reactive ketones (excluding diaryl/α,β-unsaturated/α-hetero) is 1. The van der Waals surface area contributed by atoms with E-state index >= 15 is 0 Å². The van der Waals surface area contributed by atoms with Crippen molar-refractivity contribution in [2.24, 2.45) is 5.92 Å². The van der Waals surface area contributed by atoms with Crippen LogP contribution in [0.2, 0.25) is 0 Å². The predicted molar refractivity (Wildman–Crippen MR) is 52.0 cm³/mol. The van der Waals surface area contributed by atoms with Crippen molar-refractivity contribution in [1.82, 2.24) is 9.69 Å². The van der Waals surface area contributed by atoms with Gasteiger partial charge in [-0.3, -0.25) is 4.79 Å². The lowest BCUT2D eigenvalue weighted by atomic mass is 9.96. The van der Waals surface area contributed by atoms with E-state index in [1.807, 2.05) is 0 Å². The van der Waals surface area contributed by atoms with Gasteiger partial charge in [-0.1, -0.05) is 0 Å². The zero-order chi connectivity index (χ0) is 9.26. The zero-order valence-corrected chi connectivity index (χ0v) is 8.30. The Morgan fingerprint density at radius 3 is 3.15 bits per heavy atom. The maximum atomic E-state index is 11.8. The molecule has 0 aromatic carbocycles. The molecular formula is C9H12N2OS. The molecule has 1 aliphatic rings. The second kappa shape index (κ2) is 3.55. The molecule has 1 fully saturated rings. The molecule has 0 radical (unpaired) electrons. The van der Waals surface area contributed by atoms with E-state index in [0.717, 1.165) is 17.8 Å². The quantitative estimate of drug-likeness (QED) is 0.725. The van der Waals surface area contributed by atoms with Crippen LogP contribution in [0.1, 0.15) is 23.0 Å². The highest BCUT2D eigenvalue weighted by Gasteiger charge is 2.30. The number of hydrogen-bond donors (Lipinski definition) is 1. The van der Waals surface area contributed by atoms with Crippen molar-refractivity contribution in [1.29, 1.82) is 0 Å². The first kappa shape index (κ1) is 8.84. The summed E-state index contributed by atoms with van der Waals surface area (Å²) in [6.45, 7) is 3.02. The Balaban J connectivity index is 2.13. The first-order valence-electron chi connectivity index (χ1n) is 4.47. The Hall–Kier alpha value is -0.740. The fraction of sp³-hybridized carbons (Fsp3) is 0.556. The molecule has 1 N–H and O–H groups in total. The lowest BCUT2D eigenvalue weighted by Gasteiger charge is -2.11. The van der Waals surface area contributed by atoms with Gasteiger partial charge in [0, 0.05) is 18.2 Å². The molecule has 1 aliphatic heterocycles. The molecule has 0 spiro atoms. The molecule has 0 amide bonds. The van der Waals surface area contributed by atoms with Crippen LogP contribution in [0.5, 0.6) is 0 Å². The van der Waals surface area contributed by atoms with Gasteiger partial charge in [-0.05, 0) is 37.5 Å². The molecular weight excluding hydrogens is 184 g/mol. The summed E-state index contributed by atoms with van der Waals surface area (Å²) in [6, 6.07) is 2.12. The van der Waals surface area contributed by atoms with Crippen LogP contribution in [0, 0.1) is 5.92 Å². The van der Waals surface area contributed by atoms with Crippen molar-refractivity contribution in [2.75, 3.05) is 6.54 Å². The summed E-state index contributed by atoms with van der Waals surface area (Å²) in [5.41, 5.74) is 0. The highest BCUT2D eigenvalue weighted by atomic mass is 32.1. The summed E-state index contributed by atoms with van der Waals surface area (Å²) in [4.78, 5) is 12.6. The van der Waals surface area contributed by atoms with Gasteiger partial charge in [-0.2, -0.15) is 0 Å². The van der Waals surface area contributed by atoms with E-state index in [4.69, 9.17) is 0 Å². The first-order valence-corrected chi connectivity index (χ1v) is 5.24. The number of nitrogens with zero attached hydrogens (tertiary/aromatic N) is 1. The number of hydrogen-bond acceptors (Lipinski definition) is 4. The van der Waals surface area contributed by atoms with Crippen LogP contribution in [-0.4, -0.2) is 22.7 Å². The van der Waals surface area contributed by atoms with E-state index in [1.54, 1.807) is 12.3 Å². The minimum atomic E-state index is 0.153. The van der Waals surface area contributed by atoms with Gasteiger partial charge in [0.25, 0.3) is 0 Å². The number of carbonyl (C=O) groups excluding carboxylic acids is 1. The maximum absolute atomic E-state index is 11.8. The molecule has 1 aromatic rings. The third-order valence-corrected chi connectivity index (χ3v) is 3.30. The fourth-order valence-corrected chi connectivity index (χ4v) is 2.34. The second-order valence-electron chi connectivity index (χ2n) is 3.38. The lowest BCUT2D eigenvalue weighted by molar-refractivity contribution is 0.0918. The van der Waals surface area contributed by atoms with Gasteiger partial charge >= 0.3 is 0 Å². The second-order valence-corrected chi connectivity index (χ2v) is 4.21. The van der Waals surface area contributed by atoms with Crippen LogP contribution in [-0.2, 0) is 0 Å². The van der Waals surface area contributed by atoms with Crippen molar-refractivity contribution in [3.05, 3.63) is 17.1 Å². The SMILES string of the molecule is CC1NCCC1C(=O)c1ccns1. The van der Waals surface area contributed by atoms with Gasteiger partial charge in [0.15, 0.2) is 5.78 Å². The van der Waals surface area contributed by atoms with Crippen molar-refractivity contribution in [3.8, 4) is 0 Å². The van der Waals surface area contributed by atoms with Crippen LogP contribution in [0.25, 0.3) is 0 Å². The highest BCUT2D eigenvalue weighted by molar-refractivity contribution is 7.08. The van der Waals surface area contributed by atoms with E-state index < -0.39 is 0 Å². The Labute approximate surface area is 81.3 Å². The molecule has 70 valence electrons. The topological polar surface area (TPSA) is 42.0 Å². The number of ketones is 1. The first-order chi connectivity index (χ1) is 6.29. The summed E-state index contributed by atoms with van der Waals surface area (Å²) < 4.78 is 3.94. The average molecular weight is 196 g/mol. The number of rotatable bonds is 2. The van der Waals surface area contributed by atoms with E-state index in [0.29, 0.717) is 6.04 Å². The Bertz CT molecular complexity index is 297. The molecule has 2 rings (SSSR count). The van der Waals surface area contributed by atoms with E-state index in [9.17, 15) is 4.79 Å². The van der Waals surface area contributed by atoms with Gasteiger partial charge in [0.1, 0.15) is 0 Å². The minimum absolute atomic E-state index is 0.153. The van der Waals surface area contributed by atoms with Crippen molar-refractivity contribution < 1.29 is 4.79 Å². The molecule has 1 aromatic heterocycles. The highest BCUT2D eigenvalue weighted by Crippen LogP contribution is 2.21. The fourth-order valence-electron chi connectivity index (χ4n) is 1.74. The zero-order valence-electron chi connectivity index (χ0n) is 7.49. The summed E-state index contributed by atoms with van der Waals surface area (Å²) in [6.07, 6.45) is 2.64. The number of carbonyl (C=O) groups is 1. The molecule has 0 saturated carbocycles. The summed E-state index contributed by atoms with van der Waals surface area (Å²) >= 11 is 1.29.